The molecule has 1 amide bonds. The van der Waals surface area contributed by atoms with Crippen LogP contribution in [0.3, 0.4) is 0 Å². The molecule has 142 valence electrons. The minimum Gasteiger partial charge on any atom is -0.434 e. The molecular formula is C20H22N2O4S. The molecule has 2 heterocycles. The van der Waals surface area contributed by atoms with E-state index in [4.69, 9.17) is 9.47 Å². The summed E-state index contributed by atoms with van der Waals surface area (Å²) in [6, 6.07) is 7.34. The Labute approximate surface area is 161 Å². The van der Waals surface area contributed by atoms with Gasteiger partial charge in [-0.2, -0.15) is 0 Å². The Hall–Kier alpha value is -2.38. The molecule has 1 aromatic heterocycles. The van der Waals surface area contributed by atoms with Crippen LogP contribution in [0.4, 0.5) is 5.00 Å². The highest BCUT2D eigenvalue weighted by Crippen LogP contribution is 2.41. The van der Waals surface area contributed by atoms with Gasteiger partial charge in [-0.15, -0.1) is 11.3 Å². The van der Waals surface area contributed by atoms with Gasteiger partial charge in [-0.1, -0.05) is 18.2 Å². The average Bonchev–Trinajstić information content (AvgIpc) is 3.20. The van der Waals surface area contributed by atoms with Crippen molar-refractivity contribution in [3.63, 3.8) is 0 Å². The number of cyclic esters (lactones) is 1. The van der Waals surface area contributed by atoms with E-state index in [0.717, 1.165) is 41.8 Å². The first-order valence-electron chi connectivity index (χ1n) is 9.17. The van der Waals surface area contributed by atoms with E-state index < -0.39 is 6.23 Å². The summed E-state index contributed by atoms with van der Waals surface area (Å²) in [4.78, 5) is 26.2. The topological polar surface area (TPSA) is 76.7 Å². The fourth-order valence-corrected chi connectivity index (χ4v) is 4.94. The van der Waals surface area contributed by atoms with Crippen molar-refractivity contribution in [1.82, 2.24) is 5.32 Å². The van der Waals surface area contributed by atoms with Crippen molar-refractivity contribution in [3.8, 4) is 0 Å². The number of anilines is 1. The number of methoxy groups -OCH3 is 1. The Balaban J connectivity index is 1.64. The molecule has 0 fully saturated rings. The zero-order chi connectivity index (χ0) is 18.8. The summed E-state index contributed by atoms with van der Waals surface area (Å²) in [6.45, 7) is 0.926. The van der Waals surface area contributed by atoms with Crippen molar-refractivity contribution in [2.75, 3.05) is 25.6 Å². The molecule has 1 aromatic carbocycles. The zero-order valence-corrected chi connectivity index (χ0v) is 16.0. The number of thiophene rings is 1. The summed E-state index contributed by atoms with van der Waals surface area (Å²) in [6.07, 6.45) is 3.55. The maximum absolute atomic E-state index is 12.8. The van der Waals surface area contributed by atoms with Gasteiger partial charge in [0.25, 0.3) is 5.91 Å². The smallest absolute Gasteiger partial charge is 0.340 e. The molecule has 0 spiro atoms. The highest BCUT2D eigenvalue weighted by atomic mass is 32.1. The first kappa shape index (κ1) is 18.0. The Morgan fingerprint density at radius 3 is 2.96 bits per heavy atom. The molecule has 6 nitrogen and oxygen atoms in total. The summed E-state index contributed by atoms with van der Waals surface area (Å²) >= 11 is 1.60. The number of rotatable bonds is 6. The fraction of sp³-hybridized carbons (Fsp3) is 0.400. The van der Waals surface area contributed by atoms with Crippen LogP contribution in [0.25, 0.3) is 0 Å². The van der Waals surface area contributed by atoms with Crippen LogP contribution >= 0.6 is 11.3 Å². The number of esters is 1. The Morgan fingerprint density at radius 2 is 2.11 bits per heavy atom. The van der Waals surface area contributed by atoms with Crippen molar-refractivity contribution in [2.45, 2.75) is 31.9 Å². The normalized spacial score (nSPS) is 17.8. The van der Waals surface area contributed by atoms with Crippen LogP contribution in [0.5, 0.6) is 0 Å². The highest BCUT2D eigenvalue weighted by Gasteiger charge is 2.33. The third kappa shape index (κ3) is 3.44. The van der Waals surface area contributed by atoms with Crippen molar-refractivity contribution >= 4 is 28.2 Å². The second kappa shape index (κ2) is 7.70. The second-order valence-electron chi connectivity index (χ2n) is 6.68. The Bertz CT molecular complexity index is 877. The van der Waals surface area contributed by atoms with Crippen molar-refractivity contribution in [1.29, 1.82) is 0 Å². The molecule has 0 saturated heterocycles. The molecule has 2 N–H and O–H groups in total. The first-order valence-corrected chi connectivity index (χ1v) is 9.99. The number of fused-ring (bicyclic) bond motifs is 2. The van der Waals surface area contributed by atoms with E-state index in [9.17, 15) is 9.59 Å². The Morgan fingerprint density at radius 1 is 1.30 bits per heavy atom. The third-order valence-corrected chi connectivity index (χ3v) is 6.16. The average molecular weight is 386 g/mol. The minimum atomic E-state index is -0.570. The second-order valence-corrected chi connectivity index (χ2v) is 7.79. The SMILES string of the molecule is COCCNC(=O)c1c(NC2OC(=O)c3ccccc32)sc2c1CCCC2. The van der Waals surface area contributed by atoms with Gasteiger partial charge in [-0.3, -0.25) is 4.79 Å². The lowest BCUT2D eigenvalue weighted by Gasteiger charge is -2.16. The molecule has 1 unspecified atom stereocenters. The predicted octanol–water partition coefficient (Wildman–Crippen LogP) is 3.28. The number of amides is 1. The van der Waals surface area contributed by atoms with Gasteiger partial charge < -0.3 is 20.1 Å². The minimum absolute atomic E-state index is 0.105. The van der Waals surface area contributed by atoms with Gasteiger partial charge in [0.1, 0.15) is 5.00 Å². The van der Waals surface area contributed by atoms with Crippen LogP contribution in [0.2, 0.25) is 0 Å². The van der Waals surface area contributed by atoms with E-state index in [-0.39, 0.29) is 11.9 Å². The molecule has 1 aliphatic carbocycles. The van der Waals surface area contributed by atoms with Crippen LogP contribution < -0.4 is 10.6 Å². The van der Waals surface area contributed by atoms with Crippen molar-refractivity contribution in [3.05, 3.63) is 51.4 Å². The van der Waals surface area contributed by atoms with Gasteiger partial charge in [-0.05, 0) is 37.3 Å². The van der Waals surface area contributed by atoms with E-state index >= 15 is 0 Å². The van der Waals surface area contributed by atoms with Crippen molar-refractivity contribution in [2.24, 2.45) is 0 Å². The summed E-state index contributed by atoms with van der Waals surface area (Å²) in [5, 5.41) is 7.00. The quantitative estimate of drug-likeness (QED) is 0.589. The maximum Gasteiger partial charge on any atom is 0.340 e. The van der Waals surface area contributed by atoms with Crippen molar-refractivity contribution < 1.29 is 19.1 Å². The summed E-state index contributed by atoms with van der Waals surface area (Å²) < 4.78 is 10.5. The van der Waals surface area contributed by atoms with Crippen LogP contribution in [0.15, 0.2) is 24.3 Å². The van der Waals surface area contributed by atoms with E-state index in [2.05, 4.69) is 10.6 Å². The lowest BCUT2D eigenvalue weighted by molar-refractivity contribution is 0.0437. The number of aryl methyl sites for hydroxylation is 1. The summed E-state index contributed by atoms with van der Waals surface area (Å²) in [7, 11) is 1.61. The maximum atomic E-state index is 12.8. The molecule has 7 heteroatoms. The Kier molecular flexibility index (Phi) is 5.13. The third-order valence-electron chi connectivity index (χ3n) is 4.94. The standard InChI is InChI=1S/C20H22N2O4S/c1-25-11-10-21-17(23)16-14-8-4-5-9-15(14)27-19(16)22-18-12-6-2-3-7-13(12)20(24)26-18/h2-3,6-7,18,22H,4-5,8-11H2,1H3,(H,21,23). The van der Waals surface area contributed by atoms with E-state index in [0.29, 0.717) is 24.3 Å². The van der Waals surface area contributed by atoms with Crippen LogP contribution in [-0.2, 0) is 22.3 Å². The lowest BCUT2D eigenvalue weighted by atomic mass is 9.95. The molecule has 4 rings (SSSR count). The summed E-state index contributed by atoms with van der Waals surface area (Å²) in [5.74, 6) is -0.443. The van der Waals surface area contributed by atoms with Crippen LogP contribution in [0, 0.1) is 0 Å². The number of carbonyl (C=O) groups is 2. The predicted molar refractivity (Wildman–Crippen MR) is 103 cm³/mol. The number of benzene rings is 1. The van der Waals surface area contributed by atoms with Gasteiger partial charge in [0, 0.05) is 24.1 Å². The first-order chi connectivity index (χ1) is 13.2. The van der Waals surface area contributed by atoms with E-state index in [1.54, 1.807) is 24.5 Å². The molecule has 2 aromatic rings. The largest absolute Gasteiger partial charge is 0.434 e. The number of ether oxygens (including phenoxy) is 2. The molecule has 2 aliphatic rings. The van der Waals surface area contributed by atoms with Gasteiger partial charge >= 0.3 is 5.97 Å². The lowest BCUT2D eigenvalue weighted by Crippen LogP contribution is -2.28. The van der Waals surface area contributed by atoms with Gasteiger partial charge in [0.2, 0.25) is 6.23 Å². The van der Waals surface area contributed by atoms with Gasteiger partial charge in [0.05, 0.1) is 17.7 Å². The van der Waals surface area contributed by atoms with Crippen LogP contribution in [-0.4, -0.2) is 32.1 Å². The van der Waals surface area contributed by atoms with E-state index in [1.807, 2.05) is 18.2 Å². The van der Waals surface area contributed by atoms with Gasteiger partial charge in [-0.25, -0.2) is 4.79 Å². The van der Waals surface area contributed by atoms with Crippen LogP contribution in [0.1, 0.15) is 55.8 Å². The summed E-state index contributed by atoms with van der Waals surface area (Å²) in [5.41, 5.74) is 3.19. The number of hydrogen-bond acceptors (Lipinski definition) is 6. The van der Waals surface area contributed by atoms with Gasteiger partial charge in [0.15, 0.2) is 0 Å². The highest BCUT2D eigenvalue weighted by molar-refractivity contribution is 7.16. The molecule has 1 atom stereocenters. The molecule has 0 saturated carbocycles. The monoisotopic (exact) mass is 386 g/mol. The molecule has 1 aliphatic heterocycles. The molecule has 0 bridgehead atoms. The molecule has 0 radical (unpaired) electrons. The van der Waals surface area contributed by atoms with E-state index in [1.165, 1.54) is 4.88 Å². The number of nitrogens with one attached hydrogen (secondary N) is 2. The molecule has 27 heavy (non-hydrogen) atoms. The molecular weight excluding hydrogens is 364 g/mol. The number of carbonyl (C=O) groups excluding carboxylic acids is 2. The number of hydrogen-bond donors (Lipinski definition) is 2. The zero-order valence-electron chi connectivity index (χ0n) is 15.2. The fourth-order valence-electron chi connectivity index (χ4n) is 3.63.